The van der Waals surface area contributed by atoms with Gasteiger partial charge < -0.3 is 30.1 Å². The monoisotopic (exact) mass is 711 g/mol. The lowest BCUT2D eigenvalue weighted by Crippen LogP contribution is -2.59. The number of methoxy groups -OCH3 is 1. The van der Waals surface area contributed by atoms with Gasteiger partial charge in [0.15, 0.2) is 0 Å². The number of ether oxygens (including phenoxy) is 2. The van der Waals surface area contributed by atoms with Gasteiger partial charge in [-0.25, -0.2) is 18.2 Å². The van der Waals surface area contributed by atoms with Crippen LogP contribution in [0.5, 0.6) is 11.6 Å². The van der Waals surface area contributed by atoms with E-state index in [0.29, 0.717) is 36.8 Å². The van der Waals surface area contributed by atoms with Crippen molar-refractivity contribution in [3.63, 3.8) is 0 Å². The highest BCUT2D eigenvalue weighted by Gasteiger charge is 2.63. The Morgan fingerprint density at radius 2 is 1.84 bits per heavy atom. The van der Waals surface area contributed by atoms with Crippen LogP contribution in [0.15, 0.2) is 42.6 Å². The van der Waals surface area contributed by atoms with Crippen LogP contribution in [-0.4, -0.2) is 89.4 Å². The summed E-state index contributed by atoms with van der Waals surface area (Å²) in [5, 5.41) is 16.4. The lowest BCUT2D eigenvalue weighted by Gasteiger charge is -2.32. The number of sulfonamides is 1. The SMILES string of the molecule is COc1cnc(O[C@@H]2C[C@H]3C(=O)N[C@]4(C(=O)NS(=O)(=O)C5(C)CC5)C[C@H]4C=CCC[C@H](C)C[C@@H](C)[C@H](NC(=O)O)C(=O)N3C2)c2ccccc12. The molecule has 0 bridgehead atoms. The lowest BCUT2D eigenvalue weighted by atomic mass is 9.88. The van der Waals surface area contributed by atoms with Crippen LogP contribution in [-0.2, 0) is 24.4 Å². The molecule has 1 aromatic carbocycles. The molecule has 2 aromatic rings. The topological polar surface area (TPSA) is 193 Å². The van der Waals surface area contributed by atoms with Crippen LogP contribution in [0, 0.1) is 17.8 Å². The van der Waals surface area contributed by atoms with E-state index >= 15 is 0 Å². The van der Waals surface area contributed by atoms with Gasteiger partial charge in [0, 0.05) is 23.1 Å². The molecule has 7 atom stereocenters. The second-order valence-electron chi connectivity index (χ2n) is 14.6. The van der Waals surface area contributed by atoms with Crippen LogP contribution in [0.4, 0.5) is 4.79 Å². The maximum absolute atomic E-state index is 14.3. The van der Waals surface area contributed by atoms with E-state index < -0.39 is 74.1 Å². The summed E-state index contributed by atoms with van der Waals surface area (Å²) in [4.78, 5) is 60.1. The lowest BCUT2D eigenvalue weighted by molar-refractivity contribution is -0.142. The van der Waals surface area contributed by atoms with E-state index in [9.17, 15) is 32.7 Å². The molecule has 2 aliphatic heterocycles. The summed E-state index contributed by atoms with van der Waals surface area (Å²) in [6, 6.07) is 5.05. The van der Waals surface area contributed by atoms with Gasteiger partial charge >= 0.3 is 6.09 Å². The van der Waals surface area contributed by atoms with Gasteiger partial charge in [-0.1, -0.05) is 44.2 Å². The Kier molecular flexibility index (Phi) is 9.48. The summed E-state index contributed by atoms with van der Waals surface area (Å²) >= 11 is 0. The van der Waals surface area contributed by atoms with E-state index in [1.165, 1.54) is 18.2 Å². The standard InChI is InChI=1S/C35H45N5O9S/c1-20-9-5-6-10-22-17-35(22,32(43)39-50(46,47)34(3)13-14-34)38-29(41)26-16-23(19-40(26)31(42)28(21(2)15-20)37-33(44)45)49-30-25-12-8-7-11-24(25)27(48-4)18-36-30/h6-8,10-12,18,20-23,26,28,37H,5,9,13-17,19H2,1-4H3,(H,38,41)(H,39,43)(H,44,45)/t20-,21+,22+,23+,26-,28-,35+/m0/s1. The zero-order valence-corrected chi connectivity index (χ0v) is 29.5. The number of nitrogens with zero attached hydrogens (tertiary/aromatic N) is 2. The van der Waals surface area contributed by atoms with Gasteiger partial charge in [0.25, 0.3) is 5.91 Å². The number of carbonyl (C=O) groups excluding carboxylic acids is 3. The third kappa shape index (κ3) is 6.83. The van der Waals surface area contributed by atoms with Gasteiger partial charge in [-0.15, -0.1) is 0 Å². The average molecular weight is 712 g/mol. The molecular weight excluding hydrogens is 666 g/mol. The first-order chi connectivity index (χ1) is 23.7. The first-order valence-corrected chi connectivity index (χ1v) is 18.6. The Balaban J connectivity index is 1.34. The maximum Gasteiger partial charge on any atom is 0.405 e. The van der Waals surface area contributed by atoms with Crippen molar-refractivity contribution in [3.05, 3.63) is 42.6 Å². The van der Waals surface area contributed by atoms with E-state index in [1.54, 1.807) is 6.92 Å². The normalized spacial score (nSPS) is 30.9. The van der Waals surface area contributed by atoms with Crippen molar-refractivity contribution in [2.45, 2.75) is 94.2 Å². The van der Waals surface area contributed by atoms with Crippen molar-refractivity contribution >= 4 is 44.6 Å². The number of nitrogens with one attached hydrogen (secondary N) is 3. The molecule has 6 rings (SSSR count). The smallest absolute Gasteiger partial charge is 0.405 e. The first kappa shape index (κ1) is 35.4. The zero-order valence-electron chi connectivity index (χ0n) is 28.7. The van der Waals surface area contributed by atoms with E-state index in [0.717, 1.165) is 11.8 Å². The van der Waals surface area contributed by atoms with Crippen LogP contribution in [0.3, 0.4) is 0 Å². The van der Waals surface area contributed by atoms with Gasteiger partial charge in [0.1, 0.15) is 29.5 Å². The molecule has 4 amide bonds. The molecule has 4 N–H and O–H groups in total. The number of rotatable bonds is 7. The number of carbonyl (C=O) groups is 4. The predicted octanol–water partition coefficient (Wildman–Crippen LogP) is 3.11. The van der Waals surface area contributed by atoms with E-state index in [2.05, 4.69) is 20.3 Å². The molecule has 2 saturated carbocycles. The van der Waals surface area contributed by atoms with Crippen LogP contribution in [0.1, 0.15) is 65.7 Å². The maximum atomic E-state index is 14.3. The van der Waals surface area contributed by atoms with Crippen LogP contribution >= 0.6 is 0 Å². The molecule has 1 saturated heterocycles. The van der Waals surface area contributed by atoms with Crippen molar-refractivity contribution in [2.75, 3.05) is 13.7 Å². The fourth-order valence-electron chi connectivity index (χ4n) is 7.29. The number of amides is 4. The Hall–Kier alpha value is -4.40. The fraction of sp³-hybridized carbons (Fsp3) is 0.571. The van der Waals surface area contributed by atoms with Crippen LogP contribution in [0.2, 0.25) is 0 Å². The van der Waals surface area contributed by atoms with Crippen molar-refractivity contribution in [1.29, 1.82) is 0 Å². The number of aromatic nitrogens is 1. The Labute approximate surface area is 291 Å². The second kappa shape index (κ2) is 13.4. The van der Waals surface area contributed by atoms with E-state index in [4.69, 9.17) is 9.47 Å². The molecule has 0 unspecified atom stereocenters. The fourth-order valence-corrected chi connectivity index (χ4v) is 8.60. The highest BCUT2D eigenvalue weighted by atomic mass is 32.2. The number of pyridine rings is 1. The number of fused-ring (bicyclic) bond motifs is 3. The third-order valence-electron chi connectivity index (χ3n) is 10.7. The van der Waals surface area contributed by atoms with Gasteiger partial charge in [0.05, 0.1) is 24.6 Å². The molecule has 3 fully saturated rings. The largest absolute Gasteiger partial charge is 0.494 e. The average Bonchev–Trinajstić information content (AvgIpc) is 3.95. The molecule has 14 nitrogen and oxygen atoms in total. The number of benzene rings is 1. The van der Waals surface area contributed by atoms with Crippen LogP contribution in [0.25, 0.3) is 10.8 Å². The van der Waals surface area contributed by atoms with Crippen molar-refractivity contribution in [2.24, 2.45) is 17.8 Å². The molecule has 15 heteroatoms. The molecule has 0 radical (unpaired) electrons. The minimum Gasteiger partial charge on any atom is -0.494 e. The summed E-state index contributed by atoms with van der Waals surface area (Å²) in [5.41, 5.74) is -1.54. The summed E-state index contributed by atoms with van der Waals surface area (Å²) in [6.07, 6.45) is 6.20. The number of allylic oxidation sites excluding steroid dienone is 1. The van der Waals surface area contributed by atoms with Crippen molar-refractivity contribution in [3.8, 4) is 11.6 Å². The Bertz CT molecular complexity index is 1830. The molecule has 0 spiro atoms. The molecule has 2 aliphatic carbocycles. The summed E-state index contributed by atoms with van der Waals surface area (Å²) in [7, 11) is -2.46. The summed E-state index contributed by atoms with van der Waals surface area (Å²) in [5.74, 6) is -1.99. The number of carboxylic acid groups (broad SMARTS) is 1. The molecular formula is C35H45N5O9S. The second-order valence-corrected chi connectivity index (χ2v) is 16.8. The van der Waals surface area contributed by atoms with Crippen LogP contribution < -0.4 is 24.8 Å². The van der Waals surface area contributed by atoms with E-state index in [-0.39, 0.29) is 31.2 Å². The summed E-state index contributed by atoms with van der Waals surface area (Å²) in [6.45, 7) is 5.36. The minimum absolute atomic E-state index is 0.0127. The van der Waals surface area contributed by atoms with Crippen molar-refractivity contribution < 1.29 is 42.2 Å². The minimum atomic E-state index is -3.99. The Morgan fingerprint density at radius 3 is 2.52 bits per heavy atom. The third-order valence-corrected chi connectivity index (χ3v) is 12.9. The molecule has 50 heavy (non-hydrogen) atoms. The highest BCUT2D eigenvalue weighted by molar-refractivity contribution is 7.91. The van der Waals surface area contributed by atoms with Crippen molar-refractivity contribution in [1.82, 2.24) is 25.2 Å². The molecule has 4 aliphatic rings. The Morgan fingerprint density at radius 1 is 1.12 bits per heavy atom. The van der Waals surface area contributed by atoms with Gasteiger partial charge in [0.2, 0.25) is 27.7 Å². The van der Waals surface area contributed by atoms with Gasteiger partial charge in [-0.2, -0.15) is 0 Å². The zero-order chi connectivity index (χ0) is 36.0. The number of hydrogen-bond donors (Lipinski definition) is 4. The van der Waals surface area contributed by atoms with E-state index in [1.807, 2.05) is 50.3 Å². The van der Waals surface area contributed by atoms with Gasteiger partial charge in [-0.3, -0.25) is 19.1 Å². The molecule has 1 aromatic heterocycles. The highest BCUT2D eigenvalue weighted by Crippen LogP contribution is 2.47. The molecule has 270 valence electrons. The van der Waals surface area contributed by atoms with Gasteiger partial charge in [-0.05, 0) is 63.4 Å². The number of hydrogen-bond acceptors (Lipinski definition) is 9. The molecule has 3 heterocycles. The predicted molar refractivity (Wildman–Crippen MR) is 183 cm³/mol. The quantitative estimate of drug-likeness (QED) is 0.310. The first-order valence-electron chi connectivity index (χ1n) is 17.1. The summed E-state index contributed by atoms with van der Waals surface area (Å²) < 4.78 is 39.2.